The second-order valence-electron chi connectivity index (χ2n) is 6.98. The smallest absolute Gasteiger partial charge is 0.272 e. The minimum Gasteiger partial charge on any atom is -0.336 e. The number of aromatic nitrogens is 1. The van der Waals surface area contributed by atoms with Crippen molar-refractivity contribution in [3.8, 4) is 0 Å². The third kappa shape index (κ3) is 3.10. The number of amides is 1. The van der Waals surface area contributed by atoms with Crippen molar-refractivity contribution in [1.29, 1.82) is 0 Å². The first-order valence-corrected chi connectivity index (χ1v) is 9.57. The normalized spacial score (nSPS) is 11.2. The number of carbonyl (C=O) groups is 1. The Morgan fingerprint density at radius 2 is 1.63 bits per heavy atom. The zero-order valence-corrected chi connectivity index (χ0v) is 15.8. The quantitative estimate of drug-likeness (QED) is 0.457. The monoisotopic (exact) mass is 356 g/mol. The molecule has 1 aromatic heterocycles. The molecule has 3 nitrogen and oxygen atoms in total. The van der Waals surface area contributed by atoms with Crippen LogP contribution in [0.4, 0.5) is 5.69 Å². The largest absolute Gasteiger partial charge is 0.336 e. The number of hydrogen-bond donors (Lipinski definition) is 1. The van der Waals surface area contributed by atoms with Crippen LogP contribution in [0, 0.1) is 6.92 Å². The molecular weight excluding hydrogens is 332 g/mol. The molecule has 4 aromatic rings. The summed E-state index contributed by atoms with van der Waals surface area (Å²) >= 11 is 0. The molecule has 0 fully saturated rings. The molecule has 4 rings (SSSR count). The second-order valence-corrected chi connectivity index (χ2v) is 6.98. The molecule has 3 aromatic carbocycles. The van der Waals surface area contributed by atoms with Gasteiger partial charge in [-0.25, -0.2) is 0 Å². The molecule has 1 amide bonds. The highest BCUT2D eigenvalue weighted by Crippen LogP contribution is 2.28. The summed E-state index contributed by atoms with van der Waals surface area (Å²) < 4.78 is 2.18. The Hall–Kier alpha value is -3.07. The summed E-state index contributed by atoms with van der Waals surface area (Å²) in [7, 11) is 0. The molecule has 0 spiro atoms. The average Bonchev–Trinajstić information content (AvgIpc) is 2.99. The van der Waals surface area contributed by atoms with Crippen LogP contribution >= 0.6 is 0 Å². The van der Waals surface area contributed by atoms with E-state index in [-0.39, 0.29) is 5.91 Å². The summed E-state index contributed by atoms with van der Waals surface area (Å²) in [6, 6.07) is 22.4. The zero-order chi connectivity index (χ0) is 18.8. The fraction of sp³-hybridized carbons (Fsp3) is 0.208. The van der Waals surface area contributed by atoms with E-state index in [0.29, 0.717) is 0 Å². The molecule has 0 atom stereocenters. The standard InChI is InChI=1S/C24H24N2O/c1-3-4-16-26-22-15-8-7-12-19(22)17(2)23(26)24(27)25-21-14-9-11-18-10-5-6-13-20(18)21/h5-15H,3-4,16H2,1-2H3,(H,25,27). The van der Waals surface area contributed by atoms with Crippen molar-refractivity contribution < 1.29 is 4.79 Å². The minimum atomic E-state index is -0.0452. The molecule has 0 aliphatic heterocycles. The van der Waals surface area contributed by atoms with Gasteiger partial charge >= 0.3 is 0 Å². The van der Waals surface area contributed by atoms with Crippen LogP contribution in [0.1, 0.15) is 35.8 Å². The van der Waals surface area contributed by atoms with Gasteiger partial charge in [0.15, 0.2) is 0 Å². The van der Waals surface area contributed by atoms with Crippen LogP contribution < -0.4 is 5.32 Å². The van der Waals surface area contributed by atoms with E-state index in [0.717, 1.165) is 58.0 Å². The van der Waals surface area contributed by atoms with E-state index in [9.17, 15) is 4.79 Å². The van der Waals surface area contributed by atoms with Gasteiger partial charge in [-0.3, -0.25) is 4.79 Å². The summed E-state index contributed by atoms with van der Waals surface area (Å²) in [6.45, 7) is 5.07. The molecular formula is C24H24N2O. The number of nitrogens with one attached hydrogen (secondary N) is 1. The SMILES string of the molecule is CCCCn1c(C(=O)Nc2cccc3ccccc23)c(C)c2ccccc21. The lowest BCUT2D eigenvalue weighted by Crippen LogP contribution is -2.18. The maximum Gasteiger partial charge on any atom is 0.272 e. The van der Waals surface area contributed by atoms with Gasteiger partial charge in [0.25, 0.3) is 5.91 Å². The zero-order valence-electron chi connectivity index (χ0n) is 15.8. The Balaban J connectivity index is 1.79. The fourth-order valence-corrected chi connectivity index (χ4v) is 3.83. The molecule has 0 bridgehead atoms. The number of aryl methyl sites for hydroxylation is 2. The van der Waals surface area contributed by atoms with Gasteiger partial charge in [0.2, 0.25) is 0 Å². The number of benzene rings is 3. The van der Waals surface area contributed by atoms with Gasteiger partial charge in [0.05, 0.1) is 0 Å². The molecule has 136 valence electrons. The minimum absolute atomic E-state index is 0.0452. The van der Waals surface area contributed by atoms with Crippen molar-refractivity contribution in [3.63, 3.8) is 0 Å². The molecule has 0 radical (unpaired) electrons. The Kier molecular flexibility index (Phi) is 4.68. The highest BCUT2D eigenvalue weighted by molar-refractivity contribution is 6.11. The number of rotatable bonds is 5. The molecule has 0 aliphatic rings. The number of hydrogen-bond acceptors (Lipinski definition) is 1. The number of para-hydroxylation sites is 1. The maximum atomic E-state index is 13.3. The van der Waals surface area contributed by atoms with Crippen molar-refractivity contribution in [2.24, 2.45) is 0 Å². The van der Waals surface area contributed by atoms with Gasteiger partial charge in [0, 0.05) is 28.5 Å². The first-order chi connectivity index (χ1) is 13.2. The van der Waals surface area contributed by atoms with Crippen LogP contribution in [0.25, 0.3) is 21.7 Å². The lowest BCUT2D eigenvalue weighted by Gasteiger charge is -2.13. The van der Waals surface area contributed by atoms with E-state index in [1.807, 2.05) is 49.4 Å². The Bertz CT molecular complexity index is 1120. The topological polar surface area (TPSA) is 34.0 Å². The van der Waals surface area contributed by atoms with E-state index in [1.165, 1.54) is 0 Å². The van der Waals surface area contributed by atoms with Crippen molar-refractivity contribution in [2.75, 3.05) is 5.32 Å². The summed E-state index contributed by atoms with van der Waals surface area (Å²) in [6.07, 6.45) is 2.14. The van der Waals surface area contributed by atoms with Crippen molar-refractivity contribution in [2.45, 2.75) is 33.2 Å². The van der Waals surface area contributed by atoms with Crippen LogP contribution in [0.5, 0.6) is 0 Å². The van der Waals surface area contributed by atoms with Crippen LogP contribution in [0.3, 0.4) is 0 Å². The molecule has 3 heteroatoms. The lowest BCUT2D eigenvalue weighted by atomic mass is 10.1. The summed E-state index contributed by atoms with van der Waals surface area (Å²) in [4.78, 5) is 13.3. The van der Waals surface area contributed by atoms with Crippen LogP contribution in [0.15, 0.2) is 66.7 Å². The molecule has 0 saturated carbocycles. The summed E-state index contributed by atoms with van der Waals surface area (Å²) in [5, 5.41) is 6.49. The van der Waals surface area contributed by atoms with Crippen molar-refractivity contribution >= 4 is 33.3 Å². The number of carbonyl (C=O) groups excluding carboxylic acids is 1. The number of fused-ring (bicyclic) bond motifs is 2. The van der Waals surface area contributed by atoms with E-state index >= 15 is 0 Å². The molecule has 0 unspecified atom stereocenters. The van der Waals surface area contributed by atoms with Gasteiger partial charge in [-0.15, -0.1) is 0 Å². The predicted molar refractivity (Wildman–Crippen MR) is 113 cm³/mol. The summed E-state index contributed by atoms with van der Waals surface area (Å²) in [5.41, 5.74) is 3.79. The first-order valence-electron chi connectivity index (χ1n) is 9.57. The van der Waals surface area contributed by atoms with Gasteiger partial charge in [-0.05, 0) is 36.4 Å². The average molecular weight is 356 g/mol. The van der Waals surface area contributed by atoms with Crippen LogP contribution in [-0.2, 0) is 6.54 Å². The summed E-state index contributed by atoms with van der Waals surface area (Å²) in [5.74, 6) is -0.0452. The third-order valence-electron chi connectivity index (χ3n) is 5.21. The third-order valence-corrected chi connectivity index (χ3v) is 5.21. The molecule has 0 aliphatic carbocycles. The van der Waals surface area contributed by atoms with Gasteiger partial charge < -0.3 is 9.88 Å². The van der Waals surface area contributed by atoms with Crippen molar-refractivity contribution in [1.82, 2.24) is 4.57 Å². The lowest BCUT2D eigenvalue weighted by molar-refractivity contribution is 0.101. The van der Waals surface area contributed by atoms with E-state index < -0.39 is 0 Å². The maximum absolute atomic E-state index is 13.3. The van der Waals surface area contributed by atoms with E-state index in [2.05, 4.69) is 41.1 Å². The Morgan fingerprint density at radius 1 is 0.926 bits per heavy atom. The molecule has 0 saturated heterocycles. The number of anilines is 1. The Morgan fingerprint density at radius 3 is 2.44 bits per heavy atom. The van der Waals surface area contributed by atoms with Gasteiger partial charge in [-0.2, -0.15) is 0 Å². The van der Waals surface area contributed by atoms with Gasteiger partial charge in [0.1, 0.15) is 5.69 Å². The second kappa shape index (κ2) is 7.28. The van der Waals surface area contributed by atoms with E-state index in [4.69, 9.17) is 0 Å². The first kappa shape index (κ1) is 17.3. The highest BCUT2D eigenvalue weighted by Gasteiger charge is 2.20. The van der Waals surface area contributed by atoms with Crippen LogP contribution in [0.2, 0.25) is 0 Å². The van der Waals surface area contributed by atoms with Gasteiger partial charge in [-0.1, -0.05) is 67.9 Å². The molecule has 1 heterocycles. The molecule has 27 heavy (non-hydrogen) atoms. The van der Waals surface area contributed by atoms with Crippen LogP contribution in [-0.4, -0.2) is 10.5 Å². The van der Waals surface area contributed by atoms with Crippen molar-refractivity contribution in [3.05, 3.63) is 78.0 Å². The van der Waals surface area contributed by atoms with E-state index in [1.54, 1.807) is 0 Å². The number of unbranched alkanes of at least 4 members (excludes halogenated alkanes) is 1. The predicted octanol–water partition coefficient (Wildman–Crippen LogP) is 6.16. The fourth-order valence-electron chi connectivity index (χ4n) is 3.83. The highest BCUT2D eigenvalue weighted by atomic mass is 16.2. The molecule has 1 N–H and O–H groups in total. The Labute approximate surface area is 159 Å². The number of nitrogens with zero attached hydrogens (tertiary/aromatic N) is 1.